The lowest BCUT2D eigenvalue weighted by Gasteiger charge is -2.17. The molecular formula is C23H36FN5. The molecular weight excluding hydrogens is 365 g/mol. The first-order chi connectivity index (χ1) is 14.2. The third kappa shape index (κ3) is 9.11. The average molecular weight is 402 g/mol. The molecule has 1 aliphatic carbocycles. The van der Waals surface area contributed by atoms with Gasteiger partial charge in [0.1, 0.15) is 12.7 Å². The van der Waals surface area contributed by atoms with Crippen LogP contribution in [-0.2, 0) is 0 Å². The van der Waals surface area contributed by atoms with Crippen molar-refractivity contribution in [1.82, 2.24) is 15.6 Å². The fourth-order valence-electron chi connectivity index (χ4n) is 3.17. The van der Waals surface area contributed by atoms with Gasteiger partial charge in [-0.1, -0.05) is 49.5 Å². The molecule has 1 unspecified atom stereocenters. The standard InChI is InChI=1S/C23H36FN5/c1-3-8-21(25-16-4-2)10-7-5-6-9-20-11-13-22(14-12-20)26-18-23-19-29(17-15-24)28-27-23/h6-11,13,23,25-26H,3-5,12,14-19H2,1-2H3/b9-6+,10-7-,21-8+. The minimum absolute atomic E-state index is 0.109. The zero-order valence-electron chi connectivity index (χ0n) is 17.9. The second-order valence-corrected chi connectivity index (χ2v) is 7.31. The van der Waals surface area contributed by atoms with Gasteiger partial charge in [0.05, 0.1) is 13.1 Å². The molecule has 0 spiro atoms. The summed E-state index contributed by atoms with van der Waals surface area (Å²) < 4.78 is 12.3. The fourth-order valence-corrected chi connectivity index (χ4v) is 3.17. The van der Waals surface area contributed by atoms with Crippen LogP contribution in [0.3, 0.4) is 0 Å². The Bertz CT molecular complexity index is 660. The van der Waals surface area contributed by atoms with Crippen molar-refractivity contribution in [3.8, 4) is 0 Å². The minimum Gasteiger partial charge on any atom is -0.386 e. The summed E-state index contributed by atoms with van der Waals surface area (Å²) >= 11 is 0. The van der Waals surface area contributed by atoms with E-state index in [0.29, 0.717) is 13.1 Å². The molecule has 1 aliphatic heterocycles. The van der Waals surface area contributed by atoms with E-state index in [1.54, 1.807) is 5.01 Å². The van der Waals surface area contributed by atoms with E-state index in [1.165, 1.54) is 17.0 Å². The first kappa shape index (κ1) is 22.9. The Balaban J connectivity index is 1.70. The highest BCUT2D eigenvalue weighted by Crippen LogP contribution is 2.18. The van der Waals surface area contributed by atoms with Crippen LogP contribution in [0, 0.1) is 0 Å². The van der Waals surface area contributed by atoms with Crippen LogP contribution in [0.5, 0.6) is 0 Å². The number of allylic oxidation sites excluding steroid dienone is 9. The van der Waals surface area contributed by atoms with Gasteiger partial charge in [-0.2, -0.15) is 5.11 Å². The van der Waals surface area contributed by atoms with E-state index in [0.717, 1.165) is 45.2 Å². The molecule has 2 aliphatic rings. The molecule has 0 fully saturated rings. The molecule has 0 saturated carbocycles. The summed E-state index contributed by atoms with van der Waals surface area (Å²) in [5.74, 6) is 0. The lowest BCUT2D eigenvalue weighted by Crippen LogP contribution is -2.31. The Morgan fingerprint density at radius 1 is 1.28 bits per heavy atom. The minimum atomic E-state index is -0.381. The van der Waals surface area contributed by atoms with Crippen LogP contribution in [0.1, 0.15) is 46.0 Å². The largest absolute Gasteiger partial charge is 0.386 e. The summed E-state index contributed by atoms with van der Waals surface area (Å²) in [6.45, 7) is 6.76. The Morgan fingerprint density at radius 3 is 2.90 bits per heavy atom. The summed E-state index contributed by atoms with van der Waals surface area (Å²) in [5.41, 5.74) is 3.80. The molecule has 2 rings (SSSR count). The van der Waals surface area contributed by atoms with Crippen LogP contribution in [0.2, 0.25) is 0 Å². The van der Waals surface area contributed by atoms with Gasteiger partial charge in [0.15, 0.2) is 0 Å². The molecule has 0 amide bonds. The SMILES string of the molecule is CC/C=C(\C=C/C/C=C/C1=CC=C(NCC2CN(CCF)N=N2)CC1)NCCC. The predicted octanol–water partition coefficient (Wildman–Crippen LogP) is 5.00. The highest BCUT2D eigenvalue weighted by Gasteiger charge is 2.19. The van der Waals surface area contributed by atoms with Crippen LogP contribution in [-0.4, -0.2) is 43.9 Å². The van der Waals surface area contributed by atoms with Crippen molar-refractivity contribution >= 4 is 0 Å². The van der Waals surface area contributed by atoms with Crippen molar-refractivity contribution in [2.45, 2.75) is 52.0 Å². The number of rotatable bonds is 13. The summed E-state index contributed by atoms with van der Waals surface area (Å²) in [4.78, 5) is 0. The van der Waals surface area contributed by atoms with Gasteiger partial charge in [-0.3, -0.25) is 5.01 Å². The Kier molecular flexibility index (Phi) is 10.9. The van der Waals surface area contributed by atoms with Crippen molar-refractivity contribution in [2.75, 3.05) is 32.9 Å². The van der Waals surface area contributed by atoms with Gasteiger partial charge in [-0.15, -0.1) is 0 Å². The van der Waals surface area contributed by atoms with Gasteiger partial charge >= 0.3 is 0 Å². The average Bonchev–Trinajstić information content (AvgIpc) is 3.19. The highest BCUT2D eigenvalue weighted by molar-refractivity contribution is 5.31. The van der Waals surface area contributed by atoms with E-state index in [2.05, 4.69) is 77.4 Å². The molecule has 0 saturated heterocycles. The summed E-state index contributed by atoms with van der Waals surface area (Å²) in [6, 6.07) is 0.109. The number of nitrogens with zero attached hydrogens (tertiary/aromatic N) is 3. The molecule has 160 valence electrons. The number of nitrogens with one attached hydrogen (secondary N) is 2. The molecule has 0 aromatic rings. The lowest BCUT2D eigenvalue weighted by atomic mass is 10.0. The summed E-state index contributed by atoms with van der Waals surface area (Å²) in [6.07, 6.45) is 20.5. The Labute approximate surface area is 175 Å². The number of hydrogen-bond acceptors (Lipinski definition) is 5. The van der Waals surface area contributed by atoms with Gasteiger partial charge in [-0.25, -0.2) is 4.39 Å². The van der Waals surface area contributed by atoms with Gasteiger partial charge in [-0.05, 0) is 49.8 Å². The summed E-state index contributed by atoms with van der Waals surface area (Å²) in [7, 11) is 0. The maximum Gasteiger partial charge on any atom is 0.109 e. The van der Waals surface area contributed by atoms with Crippen molar-refractivity contribution in [3.05, 3.63) is 59.5 Å². The lowest BCUT2D eigenvalue weighted by molar-refractivity contribution is 0.274. The zero-order chi connectivity index (χ0) is 20.7. The Hall–Kier alpha value is -2.37. The summed E-state index contributed by atoms with van der Waals surface area (Å²) in [5, 5.41) is 16.8. The number of alkyl halides is 1. The highest BCUT2D eigenvalue weighted by atomic mass is 19.1. The normalized spacial score (nSPS) is 19.9. The molecule has 5 nitrogen and oxygen atoms in total. The smallest absolute Gasteiger partial charge is 0.109 e. The molecule has 2 N–H and O–H groups in total. The van der Waals surface area contributed by atoms with E-state index in [1.807, 2.05) is 0 Å². The molecule has 0 bridgehead atoms. The number of hydrogen-bond donors (Lipinski definition) is 2. The zero-order valence-corrected chi connectivity index (χ0v) is 17.9. The van der Waals surface area contributed by atoms with E-state index < -0.39 is 0 Å². The van der Waals surface area contributed by atoms with Gasteiger partial charge in [0.25, 0.3) is 0 Å². The van der Waals surface area contributed by atoms with Crippen LogP contribution in [0.4, 0.5) is 4.39 Å². The van der Waals surface area contributed by atoms with Crippen LogP contribution in [0.15, 0.2) is 69.8 Å². The van der Waals surface area contributed by atoms with Gasteiger partial charge in [0.2, 0.25) is 0 Å². The van der Waals surface area contributed by atoms with Gasteiger partial charge < -0.3 is 10.6 Å². The molecule has 0 radical (unpaired) electrons. The predicted molar refractivity (Wildman–Crippen MR) is 119 cm³/mol. The second-order valence-electron chi connectivity index (χ2n) is 7.31. The quantitative estimate of drug-likeness (QED) is 0.427. The maximum absolute atomic E-state index is 12.3. The monoisotopic (exact) mass is 401 g/mol. The first-order valence-electron chi connectivity index (χ1n) is 10.9. The molecule has 0 aromatic heterocycles. The third-order valence-electron chi connectivity index (χ3n) is 4.76. The molecule has 29 heavy (non-hydrogen) atoms. The van der Waals surface area contributed by atoms with E-state index in [4.69, 9.17) is 0 Å². The van der Waals surface area contributed by atoms with Crippen molar-refractivity contribution < 1.29 is 4.39 Å². The van der Waals surface area contributed by atoms with Crippen molar-refractivity contribution in [1.29, 1.82) is 0 Å². The van der Waals surface area contributed by atoms with Crippen molar-refractivity contribution in [3.63, 3.8) is 0 Å². The van der Waals surface area contributed by atoms with Crippen molar-refractivity contribution in [2.24, 2.45) is 10.3 Å². The van der Waals surface area contributed by atoms with Gasteiger partial charge in [0, 0.05) is 24.5 Å². The Morgan fingerprint density at radius 2 is 2.17 bits per heavy atom. The molecule has 1 atom stereocenters. The third-order valence-corrected chi connectivity index (χ3v) is 4.76. The van der Waals surface area contributed by atoms with E-state index in [-0.39, 0.29) is 12.7 Å². The maximum atomic E-state index is 12.3. The fraction of sp³-hybridized carbons (Fsp3) is 0.565. The van der Waals surface area contributed by atoms with Crippen LogP contribution < -0.4 is 10.6 Å². The van der Waals surface area contributed by atoms with E-state index in [9.17, 15) is 4.39 Å². The molecule has 1 heterocycles. The first-order valence-corrected chi connectivity index (χ1v) is 10.9. The topological polar surface area (TPSA) is 52.0 Å². The van der Waals surface area contributed by atoms with E-state index >= 15 is 0 Å². The number of halogens is 1. The van der Waals surface area contributed by atoms with Crippen LogP contribution >= 0.6 is 0 Å². The molecule has 0 aromatic carbocycles. The molecule has 6 heteroatoms. The second kappa shape index (κ2) is 13.7. The van der Waals surface area contributed by atoms with Crippen LogP contribution in [0.25, 0.3) is 0 Å².